The molecule has 0 aliphatic heterocycles. The van der Waals surface area contributed by atoms with E-state index in [1.165, 1.54) is 186 Å². The Balaban J connectivity index is 3.55. The van der Waals surface area contributed by atoms with Crippen molar-refractivity contribution in [2.75, 3.05) is 19.8 Å². The molecule has 0 spiro atoms. The molecule has 0 bridgehead atoms. The third-order valence-corrected chi connectivity index (χ3v) is 8.57. The molecule has 0 saturated carbocycles. The largest absolute Gasteiger partial charge is 0.394 e. The zero-order chi connectivity index (χ0) is 27.6. The molecule has 0 aliphatic rings. The maximum Gasteiger partial charge on any atom is 0.0697 e. The molecule has 230 valence electrons. The topological polar surface area (TPSA) is 29.5 Å². The van der Waals surface area contributed by atoms with Crippen LogP contribution in [0.25, 0.3) is 0 Å². The van der Waals surface area contributed by atoms with E-state index in [4.69, 9.17) is 9.84 Å². The average molecular weight is 539 g/mol. The molecule has 2 nitrogen and oxygen atoms in total. The second-order valence-corrected chi connectivity index (χ2v) is 12.4. The summed E-state index contributed by atoms with van der Waals surface area (Å²) in [6.07, 6.45) is 43.2. The van der Waals surface area contributed by atoms with E-state index >= 15 is 0 Å². The Morgan fingerprint density at radius 3 is 1.03 bits per heavy atom. The van der Waals surface area contributed by atoms with Crippen LogP contribution in [0.3, 0.4) is 0 Å². The number of hydrogen-bond donors (Lipinski definition) is 1. The second kappa shape index (κ2) is 34.9. The van der Waals surface area contributed by atoms with Gasteiger partial charge in [-0.25, -0.2) is 0 Å². The van der Waals surface area contributed by atoms with Crippen LogP contribution in [0.4, 0.5) is 0 Å². The lowest BCUT2D eigenvalue weighted by Crippen LogP contribution is -2.01. The summed E-state index contributed by atoms with van der Waals surface area (Å²) in [7, 11) is 0. The zero-order valence-electron chi connectivity index (χ0n) is 26.8. The molecule has 1 unspecified atom stereocenters. The van der Waals surface area contributed by atoms with Gasteiger partial charge in [0, 0.05) is 6.61 Å². The first kappa shape index (κ1) is 37.9. The fraction of sp³-hybridized carbons (Fsp3) is 1.00. The van der Waals surface area contributed by atoms with Crippen LogP contribution >= 0.6 is 0 Å². The molecule has 0 aliphatic carbocycles. The second-order valence-electron chi connectivity index (χ2n) is 12.4. The molecule has 0 radical (unpaired) electrons. The van der Waals surface area contributed by atoms with E-state index in [9.17, 15) is 0 Å². The number of ether oxygens (including phenoxy) is 1. The van der Waals surface area contributed by atoms with Crippen LogP contribution in [0, 0.1) is 5.92 Å². The SMILES string of the molecule is CCCCCCCCCCCCCCCCC(CCCCC)CCCCCCCCCCCCOCCO. The van der Waals surface area contributed by atoms with Gasteiger partial charge in [0.1, 0.15) is 0 Å². The highest BCUT2D eigenvalue weighted by Crippen LogP contribution is 2.24. The van der Waals surface area contributed by atoms with Crippen molar-refractivity contribution in [1.29, 1.82) is 0 Å². The minimum absolute atomic E-state index is 0.152. The van der Waals surface area contributed by atoms with Gasteiger partial charge in [0.05, 0.1) is 13.2 Å². The monoisotopic (exact) mass is 539 g/mol. The summed E-state index contributed by atoms with van der Waals surface area (Å²) in [5.41, 5.74) is 0. The van der Waals surface area contributed by atoms with Gasteiger partial charge >= 0.3 is 0 Å². The Hall–Kier alpha value is -0.0800. The smallest absolute Gasteiger partial charge is 0.0697 e. The highest BCUT2D eigenvalue weighted by molar-refractivity contribution is 4.62. The van der Waals surface area contributed by atoms with E-state index < -0.39 is 0 Å². The number of aliphatic hydroxyl groups is 1. The van der Waals surface area contributed by atoms with Crippen LogP contribution < -0.4 is 0 Å². The van der Waals surface area contributed by atoms with Crippen LogP contribution in [0.15, 0.2) is 0 Å². The van der Waals surface area contributed by atoms with Gasteiger partial charge in [-0.2, -0.15) is 0 Å². The molecule has 1 atom stereocenters. The normalized spacial score (nSPS) is 12.4. The molecular weight excluding hydrogens is 464 g/mol. The molecular formula is C36H74O2. The van der Waals surface area contributed by atoms with Crippen molar-refractivity contribution in [2.24, 2.45) is 5.92 Å². The summed E-state index contributed by atoms with van der Waals surface area (Å²) in [6, 6.07) is 0. The summed E-state index contributed by atoms with van der Waals surface area (Å²) >= 11 is 0. The fourth-order valence-corrected chi connectivity index (χ4v) is 5.96. The van der Waals surface area contributed by atoms with Gasteiger partial charge in [0.2, 0.25) is 0 Å². The fourth-order valence-electron chi connectivity index (χ4n) is 5.96. The summed E-state index contributed by atoms with van der Waals surface area (Å²) in [4.78, 5) is 0. The maximum atomic E-state index is 8.70. The van der Waals surface area contributed by atoms with E-state index in [0.717, 1.165) is 18.9 Å². The highest BCUT2D eigenvalue weighted by atomic mass is 16.5. The molecule has 1 N–H and O–H groups in total. The number of aliphatic hydroxyl groups excluding tert-OH is 1. The third kappa shape index (κ3) is 32.1. The van der Waals surface area contributed by atoms with Gasteiger partial charge < -0.3 is 9.84 Å². The van der Waals surface area contributed by atoms with Crippen LogP contribution in [0.2, 0.25) is 0 Å². The van der Waals surface area contributed by atoms with Crippen LogP contribution in [-0.2, 0) is 4.74 Å². The van der Waals surface area contributed by atoms with Crippen LogP contribution in [0.1, 0.15) is 206 Å². The Morgan fingerprint density at radius 2 is 0.658 bits per heavy atom. The van der Waals surface area contributed by atoms with Gasteiger partial charge in [-0.15, -0.1) is 0 Å². The molecule has 0 fully saturated rings. The van der Waals surface area contributed by atoms with E-state index in [-0.39, 0.29) is 6.61 Å². The number of unbranched alkanes of at least 4 members (excludes halogenated alkanes) is 24. The van der Waals surface area contributed by atoms with Crippen molar-refractivity contribution in [3.63, 3.8) is 0 Å². The molecule has 38 heavy (non-hydrogen) atoms. The van der Waals surface area contributed by atoms with Gasteiger partial charge in [0.25, 0.3) is 0 Å². The van der Waals surface area contributed by atoms with Crippen molar-refractivity contribution >= 4 is 0 Å². The minimum Gasteiger partial charge on any atom is -0.394 e. The molecule has 2 heteroatoms. The van der Waals surface area contributed by atoms with Gasteiger partial charge in [0.15, 0.2) is 0 Å². The van der Waals surface area contributed by atoms with Crippen molar-refractivity contribution in [1.82, 2.24) is 0 Å². The minimum atomic E-state index is 0.152. The van der Waals surface area contributed by atoms with Crippen LogP contribution in [0.5, 0.6) is 0 Å². The summed E-state index contributed by atoms with van der Waals surface area (Å²) in [5, 5.41) is 8.70. The zero-order valence-corrected chi connectivity index (χ0v) is 26.8. The highest BCUT2D eigenvalue weighted by Gasteiger charge is 2.08. The summed E-state index contributed by atoms with van der Waals surface area (Å²) in [6.45, 7) is 6.12. The molecule has 0 aromatic heterocycles. The molecule has 0 amide bonds. The first-order chi connectivity index (χ1) is 18.8. The predicted octanol–water partition coefficient (Wildman–Crippen LogP) is 12.4. The first-order valence-corrected chi connectivity index (χ1v) is 18.0. The van der Waals surface area contributed by atoms with Gasteiger partial charge in [-0.3, -0.25) is 0 Å². The molecule has 0 rings (SSSR count). The van der Waals surface area contributed by atoms with Gasteiger partial charge in [-0.1, -0.05) is 200 Å². The van der Waals surface area contributed by atoms with E-state index in [0.29, 0.717) is 6.61 Å². The lowest BCUT2D eigenvalue weighted by molar-refractivity contribution is 0.0895. The van der Waals surface area contributed by atoms with E-state index in [1.807, 2.05) is 0 Å². The summed E-state index contributed by atoms with van der Waals surface area (Å²) in [5.74, 6) is 1.01. The van der Waals surface area contributed by atoms with E-state index in [2.05, 4.69) is 13.8 Å². The lowest BCUT2D eigenvalue weighted by atomic mass is 9.89. The van der Waals surface area contributed by atoms with Crippen LogP contribution in [-0.4, -0.2) is 24.9 Å². The lowest BCUT2D eigenvalue weighted by Gasteiger charge is -2.17. The maximum absolute atomic E-state index is 8.70. The number of hydrogen-bond acceptors (Lipinski definition) is 2. The third-order valence-electron chi connectivity index (χ3n) is 8.57. The molecule has 0 aromatic carbocycles. The van der Waals surface area contributed by atoms with Crippen molar-refractivity contribution in [3.05, 3.63) is 0 Å². The van der Waals surface area contributed by atoms with Crippen molar-refractivity contribution in [2.45, 2.75) is 206 Å². The number of rotatable bonds is 34. The Labute approximate surface area is 241 Å². The Kier molecular flexibility index (Phi) is 34.9. The molecule has 0 heterocycles. The first-order valence-electron chi connectivity index (χ1n) is 18.0. The molecule has 0 saturated heterocycles. The average Bonchev–Trinajstić information content (AvgIpc) is 2.93. The Bertz CT molecular complexity index is 365. The quantitative estimate of drug-likeness (QED) is 0.0825. The predicted molar refractivity (Wildman–Crippen MR) is 171 cm³/mol. The van der Waals surface area contributed by atoms with Crippen molar-refractivity contribution in [3.8, 4) is 0 Å². The van der Waals surface area contributed by atoms with E-state index in [1.54, 1.807) is 0 Å². The standard InChI is InChI=1S/C36H74O2/c1-3-5-7-8-9-10-11-12-13-14-17-20-23-27-31-36(30-26-6-4-2)32-28-24-21-18-15-16-19-22-25-29-34-38-35-33-37/h36-37H,3-35H2,1-2H3. The van der Waals surface area contributed by atoms with Crippen molar-refractivity contribution < 1.29 is 9.84 Å². The molecule has 0 aromatic rings. The van der Waals surface area contributed by atoms with Gasteiger partial charge in [-0.05, 0) is 12.3 Å². The Morgan fingerprint density at radius 1 is 0.368 bits per heavy atom. The summed E-state index contributed by atoms with van der Waals surface area (Å²) < 4.78 is 5.32.